The van der Waals surface area contributed by atoms with Crippen molar-refractivity contribution in [3.63, 3.8) is 0 Å². The molecule has 0 saturated heterocycles. The number of hydrogen-bond acceptors (Lipinski definition) is 7. The molecule has 0 aliphatic carbocycles. The van der Waals surface area contributed by atoms with Gasteiger partial charge in [-0.15, -0.1) is 0 Å². The van der Waals surface area contributed by atoms with E-state index in [1.807, 2.05) is 0 Å². The fraction of sp³-hybridized carbons (Fsp3) is 0.158. The molecule has 2 aromatic rings. The number of anilines is 1. The number of benzene rings is 2. The summed E-state index contributed by atoms with van der Waals surface area (Å²) in [5.41, 5.74) is -0.523. The number of methoxy groups -OCH3 is 2. The van der Waals surface area contributed by atoms with E-state index in [1.54, 1.807) is 0 Å². The number of esters is 3. The molecule has 1 N–H and O–H groups in total. The average Bonchev–Trinajstić information content (AvgIpc) is 2.70. The molecule has 0 bridgehead atoms. The summed E-state index contributed by atoms with van der Waals surface area (Å²) in [6.45, 7) is -0.819. The van der Waals surface area contributed by atoms with Crippen molar-refractivity contribution in [2.75, 3.05) is 26.1 Å². The molecule has 0 radical (unpaired) electrons. The van der Waals surface area contributed by atoms with E-state index in [9.17, 15) is 28.0 Å². The first-order valence-corrected chi connectivity index (χ1v) is 7.99. The van der Waals surface area contributed by atoms with Gasteiger partial charge in [-0.1, -0.05) is 0 Å². The smallest absolute Gasteiger partial charge is 0.339 e. The van der Waals surface area contributed by atoms with Gasteiger partial charge in [0.05, 0.1) is 36.6 Å². The van der Waals surface area contributed by atoms with E-state index in [2.05, 4.69) is 14.8 Å². The predicted octanol–water partition coefficient (Wildman–Crippen LogP) is 2.33. The fourth-order valence-corrected chi connectivity index (χ4v) is 2.25. The van der Waals surface area contributed by atoms with Gasteiger partial charge in [-0.25, -0.2) is 23.2 Å². The Morgan fingerprint density at radius 2 is 1.45 bits per heavy atom. The Kier molecular flexibility index (Phi) is 6.96. The van der Waals surface area contributed by atoms with E-state index in [1.165, 1.54) is 18.2 Å². The first-order valence-electron chi connectivity index (χ1n) is 7.99. The third kappa shape index (κ3) is 5.58. The van der Waals surface area contributed by atoms with Crippen molar-refractivity contribution < 1.29 is 42.2 Å². The minimum absolute atomic E-state index is 0.0442. The van der Waals surface area contributed by atoms with Gasteiger partial charge in [0.2, 0.25) is 0 Å². The molecule has 0 aliphatic rings. The number of ether oxygens (including phenoxy) is 3. The maximum Gasteiger partial charge on any atom is 0.339 e. The Hall–Kier alpha value is -3.82. The fourth-order valence-electron chi connectivity index (χ4n) is 2.25. The van der Waals surface area contributed by atoms with E-state index in [4.69, 9.17) is 4.74 Å². The lowest BCUT2D eigenvalue weighted by Gasteiger charge is -2.11. The molecule has 2 aromatic carbocycles. The van der Waals surface area contributed by atoms with Crippen LogP contribution in [0.25, 0.3) is 0 Å². The van der Waals surface area contributed by atoms with Gasteiger partial charge < -0.3 is 19.5 Å². The SMILES string of the molecule is COC(=O)c1ccc(C(=O)OC)c(NC(=O)COC(=O)c2cc(F)cc(F)c2)c1. The summed E-state index contributed by atoms with van der Waals surface area (Å²) in [5.74, 6) is -5.47. The van der Waals surface area contributed by atoms with Gasteiger partial charge in [-0.05, 0) is 30.3 Å². The van der Waals surface area contributed by atoms with E-state index >= 15 is 0 Å². The molecule has 0 atom stereocenters. The molecule has 0 aliphatic heterocycles. The molecule has 0 unspecified atom stereocenters. The highest BCUT2D eigenvalue weighted by molar-refractivity contribution is 6.04. The standard InChI is InChI=1S/C19H15F2NO7/c1-27-17(24)10-3-4-14(19(26)28-2)15(7-10)22-16(23)9-29-18(25)11-5-12(20)8-13(21)6-11/h3-8H,9H2,1-2H3,(H,22,23). The van der Waals surface area contributed by atoms with Crippen molar-refractivity contribution in [2.45, 2.75) is 0 Å². The van der Waals surface area contributed by atoms with Gasteiger partial charge in [0.25, 0.3) is 5.91 Å². The number of carbonyl (C=O) groups is 4. The molecule has 8 nitrogen and oxygen atoms in total. The van der Waals surface area contributed by atoms with Gasteiger partial charge in [-0.3, -0.25) is 4.79 Å². The van der Waals surface area contributed by atoms with Crippen LogP contribution < -0.4 is 5.32 Å². The van der Waals surface area contributed by atoms with Crippen LogP contribution >= 0.6 is 0 Å². The molecule has 0 saturated carbocycles. The minimum atomic E-state index is -1.13. The third-order valence-corrected chi connectivity index (χ3v) is 3.55. The number of carbonyl (C=O) groups excluding carboxylic acids is 4. The molecule has 1 amide bonds. The summed E-state index contributed by atoms with van der Waals surface area (Å²) in [7, 11) is 2.28. The van der Waals surface area contributed by atoms with Crippen molar-refractivity contribution in [2.24, 2.45) is 0 Å². The van der Waals surface area contributed by atoms with Gasteiger partial charge in [0.1, 0.15) is 11.6 Å². The molecule has 0 heterocycles. The van der Waals surface area contributed by atoms with Crippen LogP contribution in [0.15, 0.2) is 36.4 Å². The Balaban J connectivity index is 2.13. The van der Waals surface area contributed by atoms with Crippen molar-refractivity contribution in [3.8, 4) is 0 Å². The Morgan fingerprint density at radius 3 is 2.03 bits per heavy atom. The lowest BCUT2D eigenvalue weighted by atomic mass is 10.1. The van der Waals surface area contributed by atoms with Crippen LogP contribution in [0.3, 0.4) is 0 Å². The van der Waals surface area contributed by atoms with Crippen LogP contribution in [0.4, 0.5) is 14.5 Å². The van der Waals surface area contributed by atoms with E-state index in [0.717, 1.165) is 26.4 Å². The summed E-state index contributed by atoms with van der Waals surface area (Å²) in [5, 5.41) is 2.30. The second-order valence-electron chi connectivity index (χ2n) is 5.53. The number of halogens is 2. The highest BCUT2D eigenvalue weighted by Crippen LogP contribution is 2.20. The molecule has 152 valence electrons. The largest absolute Gasteiger partial charge is 0.465 e. The molecular formula is C19H15F2NO7. The first-order chi connectivity index (χ1) is 13.7. The van der Waals surface area contributed by atoms with E-state index < -0.39 is 47.6 Å². The molecule has 2 rings (SSSR count). The van der Waals surface area contributed by atoms with Crippen molar-refractivity contribution in [3.05, 3.63) is 64.7 Å². The van der Waals surface area contributed by atoms with Crippen LogP contribution in [0.2, 0.25) is 0 Å². The van der Waals surface area contributed by atoms with Crippen LogP contribution in [0.1, 0.15) is 31.1 Å². The number of nitrogens with one attached hydrogen (secondary N) is 1. The Morgan fingerprint density at radius 1 is 0.828 bits per heavy atom. The molecular weight excluding hydrogens is 392 g/mol. The van der Waals surface area contributed by atoms with Crippen molar-refractivity contribution >= 4 is 29.5 Å². The van der Waals surface area contributed by atoms with Gasteiger partial charge >= 0.3 is 17.9 Å². The lowest BCUT2D eigenvalue weighted by Crippen LogP contribution is -2.22. The average molecular weight is 407 g/mol. The Bertz CT molecular complexity index is 955. The van der Waals surface area contributed by atoms with E-state index in [0.29, 0.717) is 6.07 Å². The molecule has 29 heavy (non-hydrogen) atoms. The van der Waals surface area contributed by atoms with Crippen LogP contribution in [0.5, 0.6) is 0 Å². The normalized spacial score (nSPS) is 10.1. The second kappa shape index (κ2) is 9.40. The summed E-state index contributed by atoms with van der Waals surface area (Å²) >= 11 is 0. The monoisotopic (exact) mass is 407 g/mol. The maximum atomic E-state index is 13.2. The lowest BCUT2D eigenvalue weighted by molar-refractivity contribution is -0.119. The zero-order valence-corrected chi connectivity index (χ0v) is 15.3. The molecule has 10 heteroatoms. The highest BCUT2D eigenvalue weighted by Gasteiger charge is 2.18. The molecule has 0 fully saturated rings. The quantitative estimate of drug-likeness (QED) is 0.578. The van der Waals surface area contributed by atoms with Crippen LogP contribution in [0, 0.1) is 11.6 Å². The van der Waals surface area contributed by atoms with E-state index in [-0.39, 0.29) is 16.8 Å². The zero-order chi connectivity index (χ0) is 21.6. The third-order valence-electron chi connectivity index (χ3n) is 3.55. The molecule has 0 aromatic heterocycles. The number of amides is 1. The van der Waals surface area contributed by atoms with Gasteiger partial charge in [0.15, 0.2) is 6.61 Å². The zero-order valence-electron chi connectivity index (χ0n) is 15.3. The highest BCUT2D eigenvalue weighted by atomic mass is 19.1. The second-order valence-corrected chi connectivity index (χ2v) is 5.53. The van der Waals surface area contributed by atoms with Crippen LogP contribution in [-0.2, 0) is 19.0 Å². The number of rotatable bonds is 6. The maximum absolute atomic E-state index is 13.2. The molecule has 0 spiro atoms. The van der Waals surface area contributed by atoms with Crippen LogP contribution in [-0.4, -0.2) is 44.6 Å². The predicted molar refractivity (Wildman–Crippen MR) is 94.4 cm³/mol. The topological polar surface area (TPSA) is 108 Å². The number of hydrogen-bond donors (Lipinski definition) is 1. The summed E-state index contributed by atoms with van der Waals surface area (Å²) < 4.78 is 40.2. The summed E-state index contributed by atoms with van der Waals surface area (Å²) in [4.78, 5) is 47.4. The Labute approximate surface area is 163 Å². The minimum Gasteiger partial charge on any atom is -0.465 e. The first kappa shape index (κ1) is 21.5. The summed E-state index contributed by atoms with van der Waals surface area (Å²) in [6.07, 6.45) is 0. The summed E-state index contributed by atoms with van der Waals surface area (Å²) in [6, 6.07) is 5.80. The van der Waals surface area contributed by atoms with Gasteiger partial charge in [0, 0.05) is 6.07 Å². The van der Waals surface area contributed by atoms with Crippen molar-refractivity contribution in [1.82, 2.24) is 0 Å². The van der Waals surface area contributed by atoms with Gasteiger partial charge in [-0.2, -0.15) is 0 Å². The van der Waals surface area contributed by atoms with Crippen molar-refractivity contribution in [1.29, 1.82) is 0 Å².